The van der Waals surface area contributed by atoms with E-state index in [4.69, 9.17) is 4.84 Å². The highest BCUT2D eigenvalue weighted by Crippen LogP contribution is 2.24. The number of ether oxygens (including phenoxy) is 1. The molecule has 1 N–H and O–H groups in total. The van der Waals surface area contributed by atoms with Gasteiger partial charge in [-0.15, -0.1) is 0 Å². The number of sulfonamides is 1. The van der Waals surface area contributed by atoms with E-state index >= 15 is 0 Å². The van der Waals surface area contributed by atoms with Crippen LogP contribution in [-0.2, 0) is 19.6 Å². The Labute approximate surface area is 110 Å². The molecule has 1 aromatic rings. The van der Waals surface area contributed by atoms with Crippen LogP contribution in [0, 0.1) is 17.0 Å². The van der Waals surface area contributed by atoms with E-state index in [9.17, 15) is 18.5 Å². The molecule has 9 heteroatoms. The average Bonchev–Trinajstić information content (AvgIpc) is 2.34. The molecule has 0 atom stereocenters. The molecule has 0 aliphatic carbocycles. The number of nitrogens with zero attached hydrogens (tertiary/aromatic N) is 1. The van der Waals surface area contributed by atoms with Crippen LogP contribution >= 0.6 is 0 Å². The standard InChI is InChI=1S/C10H14N2O6S/c1-8-9(12(13)14)4-3-5-10(8)19(15,16)11-18-7-6-17-2/h3-5,11H,6-7H2,1-2H3. The van der Waals surface area contributed by atoms with Crippen molar-refractivity contribution in [2.75, 3.05) is 20.3 Å². The van der Waals surface area contributed by atoms with Crippen molar-refractivity contribution in [1.82, 2.24) is 4.89 Å². The smallest absolute Gasteiger partial charge is 0.273 e. The summed E-state index contributed by atoms with van der Waals surface area (Å²) in [6.07, 6.45) is 0. The molecule has 0 aromatic heterocycles. The van der Waals surface area contributed by atoms with E-state index in [2.05, 4.69) is 4.74 Å². The summed E-state index contributed by atoms with van der Waals surface area (Å²) in [6.45, 7) is 1.61. The number of nitro groups is 1. The molecule has 0 spiro atoms. The monoisotopic (exact) mass is 290 g/mol. The van der Waals surface area contributed by atoms with Gasteiger partial charge in [0.2, 0.25) is 0 Å². The summed E-state index contributed by atoms with van der Waals surface area (Å²) < 4.78 is 28.5. The molecule has 0 heterocycles. The van der Waals surface area contributed by atoms with E-state index in [0.29, 0.717) is 0 Å². The summed E-state index contributed by atoms with van der Waals surface area (Å²) >= 11 is 0. The molecule has 0 bridgehead atoms. The Kier molecular flexibility index (Phi) is 5.36. The van der Waals surface area contributed by atoms with Crippen molar-refractivity contribution in [2.24, 2.45) is 0 Å². The summed E-state index contributed by atoms with van der Waals surface area (Å²) in [5.74, 6) is 0. The van der Waals surface area contributed by atoms with Gasteiger partial charge in [0.25, 0.3) is 15.7 Å². The Morgan fingerprint density at radius 2 is 2.05 bits per heavy atom. The van der Waals surface area contributed by atoms with Gasteiger partial charge >= 0.3 is 0 Å². The highest BCUT2D eigenvalue weighted by atomic mass is 32.2. The molecule has 0 unspecified atom stereocenters. The maximum atomic E-state index is 11.9. The minimum Gasteiger partial charge on any atom is -0.382 e. The van der Waals surface area contributed by atoms with Gasteiger partial charge in [0, 0.05) is 18.7 Å². The largest absolute Gasteiger partial charge is 0.382 e. The van der Waals surface area contributed by atoms with Crippen LogP contribution < -0.4 is 4.89 Å². The lowest BCUT2D eigenvalue weighted by Crippen LogP contribution is -2.26. The molecule has 1 aromatic carbocycles. The van der Waals surface area contributed by atoms with Gasteiger partial charge < -0.3 is 4.74 Å². The third kappa shape index (κ3) is 3.96. The van der Waals surface area contributed by atoms with Crippen LogP contribution in [0.4, 0.5) is 5.69 Å². The zero-order valence-electron chi connectivity index (χ0n) is 10.5. The Morgan fingerprint density at radius 1 is 1.37 bits per heavy atom. The summed E-state index contributed by atoms with van der Waals surface area (Å²) in [4.78, 5) is 16.5. The molecule has 0 saturated carbocycles. The third-order valence-corrected chi connectivity index (χ3v) is 3.66. The van der Waals surface area contributed by atoms with E-state index in [-0.39, 0.29) is 29.4 Å². The maximum absolute atomic E-state index is 11.9. The van der Waals surface area contributed by atoms with E-state index < -0.39 is 14.9 Å². The van der Waals surface area contributed by atoms with E-state index in [0.717, 1.165) is 0 Å². The fraction of sp³-hybridized carbons (Fsp3) is 0.400. The van der Waals surface area contributed by atoms with Crippen molar-refractivity contribution in [2.45, 2.75) is 11.8 Å². The van der Waals surface area contributed by atoms with Gasteiger partial charge in [-0.25, -0.2) is 8.42 Å². The van der Waals surface area contributed by atoms with Gasteiger partial charge in [-0.3, -0.25) is 15.0 Å². The molecule has 1 rings (SSSR count). The zero-order valence-corrected chi connectivity index (χ0v) is 11.3. The molecular formula is C10H14N2O6S. The molecule has 8 nitrogen and oxygen atoms in total. The fourth-order valence-corrected chi connectivity index (χ4v) is 2.47. The molecule has 0 amide bonds. The normalized spacial score (nSPS) is 11.5. The van der Waals surface area contributed by atoms with Crippen molar-refractivity contribution in [3.63, 3.8) is 0 Å². The zero-order chi connectivity index (χ0) is 14.5. The summed E-state index contributed by atoms with van der Waals surface area (Å²) in [5.41, 5.74) is -0.213. The summed E-state index contributed by atoms with van der Waals surface area (Å²) in [5, 5.41) is 10.7. The number of benzene rings is 1. The molecule has 19 heavy (non-hydrogen) atoms. The van der Waals surface area contributed by atoms with Crippen LogP contribution in [0.2, 0.25) is 0 Å². The second-order valence-corrected chi connectivity index (χ2v) is 5.20. The minimum atomic E-state index is -3.96. The lowest BCUT2D eigenvalue weighted by atomic mass is 10.2. The quantitative estimate of drug-likeness (QED) is 0.451. The first-order valence-corrected chi connectivity index (χ1v) is 6.75. The molecular weight excluding hydrogens is 276 g/mol. The van der Waals surface area contributed by atoms with E-state index in [1.807, 2.05) is 4.89 Å². The molecule has 0 fully saturated rings. The molecule has 0 radical (unpaired) electrons. The number of rotatable bonds is 7. The number of methoxy groups -OCH3 is 1. The second-order valence-electron chi connectivity index (χ2n) is 3.59. The predicted molar refractivity (Wildman–Crippen MR) is 66.0 cm³/mol. The fourth-order valence-electron chi connectivity index (χ4n) is 1.38. The predicted octanol–water partition coefficient (Wildman–Crippen LogP) is 0.760. The van der Waals surface area contributed by atoms with Gasteiger partial charge in [-0.2, -0.15) is 0 Å². The number of hydrogen-bond donors (Lipinski definition) is 1. The van der Waals surface area contributed by atoms with Crippen LogP contribution in [0.1, 0.15) is 5.56 Å². The van der Waals surface area contributed by atoms with Crippen LogP contribution in [0.25, 0.3) is 0 Å². The van der Waals surface area contributed by atoms with Crippen molar-refractivity contribution >= 4 is 15.7 Å². The highest BCUT2D eigenvalue weighted by Gasteiger charge is 2.22. The van der Waals surface area contributed by atoms with Gasteiger partial charge in [-0.05, 0) is 13.0 Å². The topological polar surface area (TPSA) is 108 Å². The third-order valence-electron chi connectivity index (χ3n) is 2.30. The van der Waals surface area contributed by atoms with Crippen molar-refractivity contribution in [3.05, 3.63) is 33.9 Å². The van der Waals surface area contributed by atoms with E-state index in [1.165, 1.54) is 32.2 Å². The molecule has 106 valence electrons. The van der Waals surface area contributed by atoms with Crippen molar-refractivity contribution in [1.29, 1.82) is 0 Å². The van der Waals surface area contributed by atoms with Crippen LogP contribution in [0.15, 0.2) is 23.1 Å². The average molecular weight is 290 g/mol. The lowest BCUT2D eigenvalue weighted by Gasteiger charge is -2.09. The van der Waals surface area contributed by atoms with E-state index in [1.54, 1.807) is 0 Å². The SMILES string of the molecule is COCCONS(=O)(=O)c1cccc([N+](=O)[O-])c1C. The van der Waals surface area contributed by atoms with Gasteiger partial charge in [0.15, 0.2) is 0 Å². The van der Waals surface area contributed by atoms with Crippen LogP contribution in [0.3, 0.4) is 0 Å². The Hall–Kier alpha value is -1.55. The molecule has 0 saturated heterocycles. The molecule has 0 aliphatic rings. The highest BCUT2D eigenvalue weighted by molar-refractivity contribution is 7.89. The van der Waals surface area contributed by atoms with Gasteiger partial charge in [0.1, 0.15) is 0 Å². The van der Waals surface area contributed by atoms with Gasteiger partial charge in [0.05, 0.1) is 23.0 Å². The first-order valence-electron chi connectivity index (χ1n) is 5.26. The minimum absolute atomic E-state index is 0.0315. The number of hydrogen-bond acceptors (Lipinski definition) is 6. The first-order chi connectivity index (χ1) is 8.90. The van der Waals surface area contributed by atoms with Crippen LogP contribution in [-0.4, -0.2) is 33.7 Å². The van der Waals surface area contributed by atoms with Crippen molar-refractivity contribution in [3.8, 4) is 0 Å². The first kappa shape index (κ1) is 15.5. The Morgan fingerprint density at radius 3 is 2.63 bits per heavy atom. The van der Waals surface area contributed by atoms with Crippen molar-refractivity contribution < 1.29 is 22.9 Å². The maximum Gasteiger partial charge on any atom is 0.273 e. The lowest BCUT2D eigenvalue weighted by molar-refractivity contribution is -0.385. The Bertz CT molecular complexity index is 557. The molecule has 0 aliphatic heterocycles. The van der Waals surface area contributed by atoms with Gasteiger partial charge in [-0.1, -0.05) is 11.0 Å². The summed E-state index contributed by atoms with van der Waals surface area (Å²) in [7, 11) is -2.51. The number of nitro benzene ring substituents is 1. The Balaban J connectivity index is 2.96. The van der Waals surface area contributed by atoms with Crippen LogP contribution in [0.5, 0.6) is 0 Å². The number of nitrogens with one attached hydrogen (secondary N) is 1. The second kappa shape index (κ2) is 6.57. The summed E-state index contributed by atoms with van der Waals surface area (Å²) in [6, 6.07) is 3.80.